The molecule has 0 fully saturated rings. The lowest BCUT2D eigenvalue weighted by Crippen LogP contribution is -2.40. The highest BCUT2D eigenvalue weighted by atomic mass is 32.2. The number of hydrogen-bond donors (Lipinski definition) is 1. The molecule has 0 amide bonds. The Balaban J connectivity index is 2.94. The lowest BCUT2D eigenvalue weighted by molar-refractivity contribution is 0.563. The first kappa shape index (κ1) is 13.9. The second-order valence-electron chi connectivity index (χ2n) is 3.66. The smallest absolute Gasteiger partial charge is 0.331 e. The van der Waals surface area contributed by atoms with Crippen molar-refractivity contribution >= 4 is 17.4 Å². The molecule has 96 valence electrons. The number of nitrogen functional groups attached to an aromatic ring is 1. The standard InChI is InChI=1S/C11H19N3O2S/c1-3-13-8-9(12)10(15)14(11(13)16)6-5-7-17-4-2/h8H,3-7,12H2,1-2H3. The minimum Gasteiger partial charge on any atom is -0.393 e. The summed E-state index contributed by atoms with van der Waals surface area (Å²) in [6.45, 7) is 4.90. The van der Waals surface area contributed by atoms with Crippen molar-refractivity contribution in [1.29, 1.82) is 0 Å². The van der Waals surface area contributed by atoms with Crippen molar-refractivity contribution in [2.45, 2.75) is 33.4 Å². The maximum absolute atomic E-state index is 11.9. The molecule has 0 saturated carbocycles. The Morgan fingerprint density at radius 3 is 2.65 bits per heavy atom. The van der Waals surface area contributed by atoms with E-state index in [0.717, 1.165) is 17.9 Å². The van der Waals surface area contributed by atoms with Gasteiger partial charge in [-0.15, -0.1) is 0 Å². The van der Waals surface area contributed by atoms with Crippen LogP contribution >= 0.6 is 11.8 Å². The van der Waals surface area contributed by atoms with Gasteiger partial charge >= 0.3 is 5.69 Å². The number of aromatic nitrogens is 2. The first-order valence-electron chi connectivity index (χ1n) is 5.79. The van der Waals surface area contributed by atoms with Crippen molar-refractivity contribution < 1.29 is 0 Å². The van der Waals surface area contributed by atoms with Crippen molar-refractivity contribution in [2.75, 3.05) is 17.2 Å². The number of nitrogens with two attached hydrogens (primary N) is 1. The molecule has 0 aliphatic carbocycles. The van der Waals surface area contributed by atoms with E-state index in [2.05, 4.69) is 6.92 Å². The average molecular weight is 257 g/mol. The highest BCUT2D eigenvalue weighted by Gasteiger charge is 2.07. The third kappa shape index (κ3) is 3.39. The molecule has 1 aromatic rings. The molecule has 0 saturated heterocycles. The molecule has 0 radical (unpaired) electrons. The maximum atomic E-state index is 11.9. The largest absolute Gasteiger partial charge is 0.393 e. The van der Waals surface area contributed by atoms with E-state index in [-0.39, 0.29) is 16.9 Å². The Kier molecular flexibility index (Phi) is 5.34. The summed E-state index contributed by atoms with van der Waals surface area (Å²) in [5.74, 6) is 1.99. The fraction of sp³-hybridized carbons (Fsp3) is 0.636. The summed E-state index contributed by atoms with van der Waals surface area (Å²) >= 11 is 1.80. The molecular weight excluding hydrogens is 238 g/mol. The third-order valence-corrected chi connectivity index (χ3v) is 3.46. The summed E-state index contributed by atoms with van der Waals surface area (Å²) < 4.78 is 2.69. The van der Waals surface area contributed by atoms with E-state index in [9.17, 15) is 9.59 Å². The maximum Gasteiger partial charge on any atom is 0.331 e. The summed E-state index contributed by atoms with van der Waals surface area (Å²) in [6, 6.07) is 0. The van der Waals surface area contributed by atoms with Gasteiger partial charge in [-0.2, -0.15) is 11.8 Å². The molecule has 17 heavy (non-hydrogen) atoms. The lowest BCUT2D eigenvalue weighted by Gasteiger charge is -2.09. The van der Waals surface area contributed by atoms with E-state index in [4.69, 9.17) is 5.73 Å². The molecule has 0 aliphatic rings. The van der Waals surface area contributed by atoms with Gasteiger partial charge in [0.05, 0.1) is 0 Å². The van der Waals surface area contributed by atoms with Gasteiger partial charge in [0, 0.05) is 19.3 Å². The van der Waals surface area contributed by atoms with Gasteiger partial charge in [-0.05, 0) is 24.9 Å². The number of anilines is 1. The number of nitrogens with zero attached hydrogens (tertiary/aromatic N) is 2. The van der Waals surface area contributed by atoms with E-state index in [1.807, 2.05) is 6.92 Å². The first-order valence-corrected chi connectivity index (χ1v) is 6.94. The Hall–Kier alpha value is -1.17. The van der Waals surface area contributed by atoms with Gasteiger partial charge in [-0.3, -0.25) is 13.9 Å². The molecule has 0 aliphatic heterocycles. The normalized spacial score (nSPS) is 10.7. The topological polar surface area (TPSA) is 70.0 Å². The van der Waals surface area contributed by atoms with Crippen LogP contribution in [0.3, 0.4) is 0 Å². The van der Waals surface area contributed by atoms with Crippen molar-refractivity contribution in [3.05, 3.63) is 27.0 Å². The summed E-state index contributed by atoms with van der Waals surface area (Å²) in [5.41, 5.74) is 5.09. The third-order valence-electron chi connectivity index (χ3n) is 2.48. The summed E-state index contributed by atoms with van der Waals surface area (Å²) in [6.07, 6.45) is 2.22. The minimum atomic E-state index is -0.374. The van der Waals surface area contributed by atoms with Crippen LogP contribution in [0, 0.1) is 0 Å². The van der Waals surface area contributed by atoms with Crippen LogP contribution in [0.1, 0.15) is 20.3 Å². The van der Waals surface area contributed by atoms with E-state index in [1.54, 1.807) is 11.8 Å². The Morgan fingerprint density at radius 1 is 1.35 bits per heavy atom. The fourth-order valence-electron chi connectivity index (χ4n) is 1.57. The predicted molar refractivity (Wildman–Crippen MR) is 72.7 cm³/mol. The van der Waals surface area contributed by atoms with E-state index < -0.39 is 0 Å². The van der Waals surface area contributed by atoms with E-state index in [1.165, 1.54) is 15.3 Å². The molecule has 0 aromatic carbocycles. The van der Waals surface area contributed by atoms with Crippen LogP contribution in [0.4, 0.5) is 5.69 Å². The van der Waals surface area contributed by atoms with Gasteiger partial charge in [0.25, 0.3) is 5.56 Å². The van der Waals surface area contributed by atoms with Crippen LogP contribution < -0.4 is 17.0 Å². The van der Waals surface area contributed by atoms with E-state index in [0.29, 0.717) is 13.1 Å². The van der Waals surface area contributed by atoms with Gasteiger partial charge in [0.15, 0.2) is 0 Å². The van der Waals surface area contributed by atoms with Crippen molar-refractivity contribution in [3.8, 4) is 0 Å². The monoisotopic (exact) mass is 257 g/mol. The Bertz CT molecular complexity index is 479. The van der Waals surface area contributed by atoms with Crippen LogP contribution in [0.2, 0.25) is 0 Å². The van der Waals surface area contributed by atoms with Gasteiger partial charge in [0.1, 0.15) is 5.69 Å². The van der Waals surface area contributed by atoms with Crippen molar-refractivity contribution in [3.63, 3.8) is 0 Å². The Morgan fingerprint density at radius 2 is 2.06 bits per heavy atom. The number of hydrogen-bond acceptors (Lipinski definition) is 4. The zero-order chi connectivity index (χ0) is 12.8. The number of thioether (sulfide) groups is 1. The molecular formula is C11H19N3O2S. The molecule has 1 heterocycles. The predicted octanol–water partition coefficient (Wildman–Crippen LogP) is 0.755. The van der Waals surface area contributed by atoms with Crippen LogP contribution in [0.25, 0.3) is 0 Å². The zero-order valence-corrected chi connectivity index (χ0v) is 11.1. The molecule has 0 spiro atoms. The van der Waals surface area contributed by atoms with Gasteiger partial charge < -0.3 is 5.73 Å². The molecule has 0 unspecified atom stereocenters. The molecule has 0 bridgehead atoms. The fourth-order valence-corrected chi connectivity index (χ4v) is 2.19. The molecule has 6 heteroatoms. The van der Waals surface area contributed by atoms with Crippen molar-refractivity contribution in [2.24, 2.45) is 0 Å². The summed E-state index contributed by atoms with van der Waals surface area (Å²) in [4.78, 5) is 23.6. The van der Waals surface area contributed by atoms with Gasteiger partial charge in [0.2, 0.25) is 0 Å². The van der Waals surface area contributed by atoms with E-state index >= 15 is 0 Å². The number of rotatable bonds is 6. The zero-order valence-electron chi connectivity index (χ0n) is 10.3. The molecule has 1 aromatic heterocycles. The highest BCUT2D eigenvalue weighted by Crippen LogP contribution is 2.01. The molecule has 1 rings (SSSR count). The van der Waals surface area contributed by atoms with Crippen molar-refractivity contribution in [1.82, 2.24) is 9.13 Å². The average Bonchev–Trinajstić information content (AvgIpc) is 2.33. The molecule has 5 nitrogen and oxygen atoms in total. The van der Waals surface area contributed by atoms with Crippen LogP contribution in [-0.4, -0.2) is 20.6 Å². The molecule has 0 atom stereocenters. The summed E-state index contributed by atoms with van der Waals surface area (Å²) in [5, 5.41) is 0. The summed E-state index contributed by atoms with van der Waals surface area (Å²) in [7, 11) is 0. The van der Waals surface area contributed by atoms with Crippen LogP contribution in [0.15, 0.2) is 15.8 Å². The Labute approximate surface area is 105 Å². The second kappa shape index (κ2) is 6.54. The SMILES string of the molecule is CCSCCCn1c(=O)c(N)cn(CC)c1=O. The van der Waals surface area contributed by atoms with Crippen LogP contribution in [0.5, 0.6) is 0 Å². The lowest BCUT2D eigenvalue weighted by atomic mass is 10.4. The van der Waals surface area contributed by atoms with Crippen LogP contribution in [-0.2, 0) is 13.1 Å². The van der Waals surface area contributed by atoms with Gasteiger partial charge in [-0.1, -0.05) is 6.92 Å². The van der Waals surface area contributed by atoms with Gasteiger partial charge in [-0.25, -0.2) is 4.79 Å². The highest BCUT2D eigenvalue weighted by molar-refractivity contribution is 7.99. The number of aryl methyl sites for hydroxylation is 1. The second-order valence-corrected chi connectivity index (χ2v) is 5.05. The first-order chi connectivity index (χ1) is 8.11. The quantitative estimate of drug-likeness (QED) is 0.764. The molecule has 2 N–H and O–H groups in total. The minimum absolute atomic E-state index is 0.134.